The normalized spacial score (nSPS) is 15.6. The molecule has 1 unspecified atom stereocenters. The number of amides is 1. The number of benzene rings is 3. The van der Waals surface area contributed by atoms with E-state index in [1.54, 1.807) is 56.3 Å². The van der Waals surface area contributed by atoms with Gasteiger partial charge in [0.2, 0.25) is 0 Å². The highest BCUT2D eigenvalue weighted by Gasteiger charge is 2.48. The number of esters is 1. The molecule has 0 spiro atoms. The molecule has 0 bridgehead atoms. The number of aromatic nitrogens is 1. The van der Waals surface area contributed by atoms with Gasteiger partial charge in [-0.2, -0.15) is 0 Å². The summed E-state index contributed by atoms with van der Waals surface area (Å²) in [7, 11) is 0. The maximum atomic E-state index is 13.7. The maximum absolute atomic E-state index is 13.7. The summed E-state index contributed by atoms with van der Waals surface area (Å²) in [5, 5.41) is 11.7. The number of aryl methyl sites for hydroxylation is 1. The summed E-state index contributed by atoms with van der Waals surface area (Å²) in [6.45, 7) is 8.26. The first-order chi connectivity index (χ1) is 22.3. The van der Waals surface area contributed by atoms with Crippen LogP contribution in [0.4, 0.5) is 5.13 Å². The molecule has 2 heterocycles. The molecule has 238 valence electrons. The van der Waals surface area contributed by atoms with E-state index in [0.717, 1.165) is 16.9 Å². The first kappa shape index (κ1) is 32.2. The minimum absolute atomic E-state index is 0.112. The van der Waals surface area contributed by atoms with Crippen LogP contribution >= 0.6 is 11.3 Å². The molecule has 1 amide bonds. The van der Waals surface area contributed by atoms with Gasteiger partial charge in [0.1, 0.15) is 23.0 Å². The molecular weight excluding hydrogens is 608 g/mol. The van der Waals surface area contributed by atoms with E-state index in [9.17, 15) is 19.5 Å². The fraction of sp³-hybridized carbons (Fsp3) is 0.257. The van der Waals surface area contributed by atoms with E-state index in [-0.39, 0.29) is 27.9 Å². The first-order valence-corrected chi connectivity index (χ1v) is 15.7. The number of nitrogens with zero attached hydrogens (tertiary/aromatic N) is 2. The van der Waals surface area contributed by atoms with E-state index in [4.69, 9.17) is 18.9 Å². The van der Waals surface area contributed by atoms with E-state index in [1.165, 1.54) is 4.90 Å². The largest absolute Gasteiger partial charge is 0.507 e. The molecule has 1 fully saturated rings. The molecule has 1 aliphatic rings. The smallest absolute Gasteiger partial charge is 0.350 e. The average Bonchev–Trinajstić information content (AvgIpc) is 3.57. The number of Topliss-reactive ketones (excluding diaryl/α,β-unsaturated/α-hetero) is 1. The van der Waals surface area contributed by atoms with E-state index in [2.05, 4.69) is 4.98 Å². The zero-order valence-corrected chi connectivity index (χ0v) is 26.8. The lowest BCUT2D eigenvalue weighted by Gasteiger charge is -2.24. The Balaban J connectivity index is 1.63. The molecule has 0 saturated carbocycles. The van der Waals surface area contributed by atoms with Crippen molar-refractivity contribution in [3.63, 3.8) is 0 Å². The summed E-state index contributed by atoms with van der Waals surface area (Å²) in [5.41, 5.74) is 1.97. The number of hydrogen-bond acceptors (Lipinski definition) is 10. The van der Waals surface area contributed by atoms with Gasteiger partial charge in [0.05, 0.1) is 37.1 Å². The standard InChI is InChI=1S/C35H34N2O8S/c1-5-42-25-16-13-23(14-17-25)30(38)28-29(37(33(40)31(28)39)35-36-21(4)32(46-35)34(41)44-7-3)24-15-18-26(27(19-24)43-6-2)45-20-22-11-9-8-10-12-22/h8-19,29,38H,5-7,20H2,1-4H3. The molecule has 1 aliphatic heterocycles. The van der Waals surface area contributed by atoms with Crippen LogP contribution in [0.3, 0.4) is 0 Å². The van der Waals surface area contributed by atoms with Crippen molar-refractivity contribution in [2.75, 3.05) is 24.7 Å². The third-order valence-corrected chi connectivity index (χ3v) is 8.29. The highest BCUT2D eigenvalue weighted by Crippen LogP contribution is 2.45. The molecule has 3 aromatic carbocycles. The molecular formula is C35H34N2O8S. The minimum Gasteiger partial charge on any atom is -0.507 e. The van der Waals surface area contributed by atoms with Gasteiger partial charge >= 0.3 is 11.9 Å². The monoisotopic (exact) mass is 642 g/mol. The van der Waals surface area contributed by atoms with E-state index < -0.39 is 23.7 Å². The highest BCUT2D eigenvalue weighted by molar-refractivity contribution is 7.17. The topological polar surface area (TPSA) is 124 Å². The van der Waals surface area contributed by atoms with Gasteiger partial charge in [0.25, 0.3) is 5.78 Å². The molecule has 1 atom stereocenters. The van der Waals surface area contributed by atoms with Crippen molar-refractivity contribution in [1.29, 1.82) is 0 Å². The summed E-state index contributed by atoms with van der Waals surface area (Å²) < 4.78 is 22.7. The molecule has 4 aromatic rings. The SMILES string of the molecule is CCOC(=O)c1sc(N2C(=O)C(=O)C(=C(O)c3ccc(OCC)cc3)C2c2ccc(OCc3ccccc3)c(OCC)c2)nc1C. The summed E-state index contributed by atoms with van der Waals surface area (Å²) in [5.74, 6) is -1.29. The number of rotatable bonds is 12. The summed E-state index contributed by atoms with van der Waals surface area (Å²) >= 11 is 0.940. The second-order valence-electron chi connectivity index (χ2n) is 10.2. The Morgan fingerprint density at radius 2 is 1.61 bits per heavy atom. The Hall–Kier alpha value is -5.16. The molecule has 1 saturated heterocycles. The predicted octanol–water partition coefficient (Wildman–Crippen LogP) is 6.63. The van der Waals surface area contributed by atoms with Crippen molar-refractivity contribution in [2.45, 2.75) is 40.3 Å². The van der Waals surface area contributed by atoms with Crippen LogP contribution < -0.4 is 19.1 Å². The Kier molecular flexibility index (Phi) is 10.0. The third kappa shape index (κ3) is 6.59. The number of ketones is 1. The number of carbonyl (C=O) groups excluding carboxylic acids is 3. The van der Waals surface area contributed by atoms with Gasteiger partial charge in [-0.05, 0) is 75.2 Å². The summed E-state index contributed by atoms with van der Waals surface area (Å²) in [4.78, 5) is 46.0. The quantitative estimate of drug-likeness (QED) is 0.0785. The second-order valence-corrected chi connectivity index (χ2v) is 11.1. The van der Waals surface area contributed by atoms with Crippen molar-refractivity contribution >= 4 is 39.9 Å². The van der Waals surface area contributed by atoms with Crippen molar-refractivity contribution in [2.24, 2.45) is 0 Å². The molecule has 46 heavy (non-hydrogen) atoms. The van der Waals surface area contributed by atoms with Crippen molar-refractivity contribution in [1.82, 2.24) is 4.98 Å². The lowest BCUT2D eigenvalue weighted by Crippen LogP contribution is -2.29. The zero-order chi connectivity index (χ0) is 32.8. The van der Waals surface area contributed by atoms with Gasteiger partial charge in [0.15, 0.2) is 16.6 Å². The molecule has 11 heteroatoms. The van der Waals surface area contributed by atoms with Crippen molar-refractivity contribution in [3.8, 4) is 17.2 Å². The predicted molar refractivity (Wildman–Crippen MR) is 174 cm³/mol. The van der Waals surface area contributed by atoms with Gasteiger partial charge in [0, 0.05) is 5.56 Å². The van der Waals surface area contributed by atoms with Crippen LogP contribution in [-0.2, 0) is 20.9 Å². The lowest BCUT2D eigenvalue weighted by molar-refractivity contribution is -0.132. The number of aliphatic hydroxyl groups excluding tert-OH is 1. The minimum atomic E-state index is -1.10. The lowest BCUT2D eigenvalue weighted by atomic mass is 9.95. The Bertz CT molecular complexity index is 1770. The van der Waals surface area contributed by atoms with Gasteiger partial charge in [-0.1, -0.05) is 47.7 Å². The molecule has 1 aromatic heterocycles. The zero-order valence-electron chi connectivity index (χ0n) is 25.9. The van der Waals surface area contributed by atoms with Crippen LogP contribution in [0.1, 0.15) is 58.9 Å². The summed E-state index contributed by atoms with van der Waals surface area (Å²) in [6.07, 6.45) is 0. The van der Waals surface area contributed by atoms with Crippen molar-refractivity contribution in [3.05, 3.63) is 106 Å². The number of hydrogen-bond donors (Lipinski definition) is 1. The van der Waals surface area contributed by atoms with E-state index >= 15 is 0 Å². The van der Waals surface area contributed by atoms with Gasteiger partial charge in [-0.3, -0.25) is 14.5 Å². The Morgan fingerprint density at radius 1 is 0.891 bits per heavy atom. The Labute approximate surface area is 270 Å². The summed E-state index contributed by atoms with van der Waals surface area (Å²) in [6, 6.07) is 20.2. The van der Waals surface area contributed by atoms with Gasteiger partial charge < -0.3 is 24.1 Å². The number of thiazole rings is 1. The maximum Gasteiger partial charge on any atom is 0.350 e. The van der Waals surface area contributed by atoms with Crippen LogP contribution in [0.5, 0.6) is 17.2 Å². The van der Waals surface area contributed by atoms with Crippen LogP contribution in [0, 0.1) is 6.92 Å². The number of ether oxygens (including phenoxy) is 4. The first-order valence-electron chi connectivity index (χ1n) is 14.9. The van der Waals surface area contributed by atoms with Crippen LogP contribution in [0.25, 0.3) is 5.76 Å². The van der Waals surface area contributed by atoms with Crippen LogP contribution in [-0.4, -0.2) is 47.6 Å². The fourth-order valence-corrected chi connectivity index (χ4v) is 6.05. The van der Waals surface area contributed by atoms with Gasteiger partial charge in [-0.25, -0.2) is 9.78 Å². The Morgan fingerprint density at radius 3 is 2.28 bits per heavy atom. The number of aliphatic hydroxyl groups is 1. The molecule has 5 rings (SSSR count). The third-order valence-electron chi connectivity index (χ3n) is 7.16. The second kappa shape index (κ2) is 14.3. The fourth-order valence-electron chi connectivity index (χ4n) is 5.07. The molecule has 0 radical (unpaired) electrons. The van der Waals surface area contributed by atoms with E-state index in [0.29, 0.717) is 53.9 Å². The highest BCUT2D eigenvalue weighted by atomic mass is 32.1. The average molecular weight is 643 g/mol. The van der Waals surface area contributed by atoms with E-state index in [1.807, 2.05) is 44.2 Å². The number of anilines is 1. The molecule has 10 nitrogen and oxygen atoms in total. The van der Waals surface area contributed by atoms with Crippen LogP contribution in [0.15, 0.2) is 78.4 Å². The molecule has 0 aliphatic carbocycles. The number of carbonyl (C=O) groups is 3. The van der Waals surface area contributed by atoms with Crippen LogP contribution in [0.2, 0.25) is 0 Å². The molecule has 1 N–H and O–H groups in total. The van der Waals surface area contributed by atoms with Gasteiger partial charge in [-0.15, -0.1) is 0 Å². The van der Waals surface area contributed by atoms with Crippen molar-refractivity contribution < 1.29 is 38.4 Å².